The van der Waals surface area contributed by atoms with E-state index in [1.807, 2.05) is 18.3 Å². The molecule has 0 fully saturated rings. The molecule has 2 nitrogen and oxygen atoms in total. The van der Waals surface area contributed by atoms with E-state index in [1.165, 1.54) is 68.2 Å². The first-order valence-electron chi connectivity index (χ1n) is 10.8. The molecule has 0 aliphatic rings. The Kier molecular flexibility index (Phi) is 10.8. The van der Waals surface area contributed by atoms with Crippen LogP contribution in [0, 0.1) is 13.8 Å². The largest absolute Gasteiger partial charge is 0.274 e. The minimum absolute atomic E-state index is 0.996. The smallest absolute Gasteiger partial charge is 0.106 e. The van der Waals surface area contributed by atoms with E-state index < -0.39 is 0 Å². The van der Waals surface area contributed by atoms with Gasteiger partial charge in [0.2, 0.25) is 0 Å². The van der Waals surface area contributed by atoms with Gasteiger partial charge in [-0.25, -0.2) is 4.99 Å². The average Bonchev–Trinajstić information content (AvgIpc) is 2.71. The van der Waals surface area contributed by atoms with Crippen LogP contribution in [0.1, 0.15) is 69.4 Å². The zero-order chi connectivity index (χ0) is 20.0. The highest BCUT2D eigenvalue weighted by Gasteiger charge is 2.05. The molecule has 0 atom stereocenters. The molecule has 0 amide bonds. The summed E-state index contributed by atoms with van der Waals surface area (Å²) in [4.78, 5) is 4.68. The quantitative estimate of drug-likeness (QED) is 0.146. The third kappa shape index (κ3) is 8.97. The Bertz CT molecular complexity index is 677. The minimum Gasteiger partial charge on any atom is -0.274 e. The van der Waals surface area contributed by atoms with Gasteiger partial charge in [-0.15, -0.1) is 0 Å². The van der Waals surface area contributed by atoms with Crippen LogP contribution in [0.2, 0.25) is 0 Å². The molecule has 0 saturated carbocycles. The maximum atomic E-state index is 4.68. The third-order valence-electron chi connectivity index (χ3n) is 4.86. The number of hydrogen-bond acceptors (Lipinski definition) is 2. The monoisotopic (exact) mass is 396 g/mol. The summed E-state index contributed by atoms with van der Waals surface area (Å²) in [6.45, 7) is 6.51. The van der Waals surface area contributed by atoms with Crippen molar-refractivity contribution in [2.45, 2.75) is 72.1 Å². The van der Waals surface area contributed by atoms with E-state index in [1.54, 1.807) is 0 Å². The number of unbranched alkanes of at least 4 members (excludes halogenated alkanes) is 7. The van der Waals surface area contributed by atoms with Gasteiger partial charge in [0.15, 0.2) is 0 Å². The van der Waals surface area contributed by atoms with Crippen molar-refractivity contribution in [2.24, 2.45) is 4.99 Å². The SMILES string of the molecule is CCCCCCCCCCSN(C=Nc1ccc(C)cc1)c1ccc(C)cc1. The lowest BCUT2D eigenvalue weighted by Gasteiger charge is -2.18. The number of aryl methyl sites for hydroxylation is 2. The Morgan fingerprint density at radius 3 is 1.89 bits per heavy atom. The highest BCUT2D eigenvalue weighted by atomic mass is 32.2. The molecule has 0 radical (unpaired) electrons. The predicted molar refractivity (Wildman–Crippen MR) is 128 cm³/mol. The van der Waals surface area contributed by atoms with Crippen molar-refractivity contribution in [2.75, 3.05) is 10.1 Å². The van der Waals surface area contributed by atoms with Crippen molar-refractivity contribution >= 4 is 29.7 Å². The van der Waals surface area contributed by atoms with Crippen molar-refractivity contribution < 1.29 is 0 Å². The van der Waals surface area contributed by atoms with Gasteiger partial charge in [-0.3, -0.25) is 4.31 Å². The lowest BCUT2D eigenvalue weighted by Crippen LogP contribution is -2.12. The number of aliphatic imine (C=N–C) groups is 1. The third-order valence-corrected chi connectivity index (χ3v) is 5.92. The van der Waals surface area contributed by atoms with Crippen LogP contribution in [0.25, 0.3) is 0 Å². The summed E-state index contributed by atoms with van der Waals surface area (Å²) >= 11 is 1.86. The van der Waals surface area contributed by atoms with Crippen LogP contribution in [0.5, 0.6) is 0 Å². The summed E-state index contributed by atoms with van der Waals surface area (Å²) in [6, 6.07) is 17.0. The molecule has 0 bridgehead atoms. The van der Waals surface area contributed by atoms with Crippen LogP contribution < -0.4 is 4.31 Å². The molecule has 0 aliphatic heterocycles. The summed E-state index contributed by atoms with van der Waals surface area (Å²) < 4.78 is 2.21. The standard InChI is InChI=1S/C25H36N2S/c1-4-5-6-7-8-9-10-11-20-28-27(25-18-14-23(3)15-19-25)21-26-24-16-12-22(2)13-17-24/h12-19,21H,4-11,20H2,1-3H3. The molecule has 0 aromatic heterocycles. The fourth-order valence-electron chi connectivity index (χ4n) is 3.02. The summed E-state index contributed by atoms with van der Waals surface area (Å²) in [5, 5.41) is 0. The molecule has 0 saturated heterocycles. The Hall–Kier alpha value is -1.74. The van der Waals surface area contributed by atoms with Crippen molar-refractivity contribution in [3.8, 4) is 0 Å². The van der Waals surface area contributed by atoms with Crippen molar-refractivity contribution in [3.63, 3.8) is 0 Å². The van der Waals surface area contributed by atoms with Crippen LogP contribution in [0.15, 0.2) is 53.5 Å². The number of anilines is 1. The summed E-state index contributed by atoms with van der Waals surface area (Å²) in [7, 11) is 0. The average molecular weight is 397 g/mol. The van der Waals surface area contributed by atoms with Crippen LogP contribution in [0.3, 0.4) is 0 Å². The van der Waals surface area contributed by atoms with Crippen molar-refractivity contribution in [1.82, 2.24) is 0 Å². The van der Waals surface area contributed by atoms with Crippen LogP contribution in [-0.4, -0.2) is 12.1 Å². The Balaban J connectivity index is 1.83. The van der Waals surface area contributed by atoms with Crippen LogP contribution in [-0.2, 0) is 0 Å². The van der Waals surface area contributed by atoms with E-state index in [0.29, 0.717) is 0 Å². The predicted octanol–water partition coefficient (Wildman–Crippen LogP) is 8.26. The lowest BCUT2D eigenvalue weighted by molar-refractivity contribution is 0.586. The second-order valence-corrected chi connectivity index (χ2v) is 8.61. The van der Waals surface area contributed by atoms with E-state index >= 15 is 0 Å². The Morgan fingerprint density at radius 1 is 0.750 bits per heavy atom. The molecule has 0 spiro atoms. The molecular formula is C25H36N2S. The van der Waals surface area contributed by atoms with Crippen molar-refractivity contribution in [3.05, 3.63) is 59.7 Å². The van der Waals surface area contributed by atoms with Gasteiger partial charge in [0.05, 0.1) is 11.4 Å². The van der Waals surface area contributed by atoms with Gasteiger partial charge in [-0.05, 0) is 56.5 Å². The van der Waals surface area contributed by atoms with Crippen molar-refractivity contribution in [1.29, 1.82) is 0 Å². The topological polar surface area (TPSA) is 15.6 Å². The molecule has 0 unspecified atom stereocenters. The molecule has 0 aliphatic carbocycles. The second-order valence-electron chi connectivity index (χ2n) is 7.55. The number of benzene rings is 2. The first-order valence-corrected chi connectivity index (χ1v) is 11.7. The molecule has 28 heavy (non-hydrogen) atoms. The minimum atomic E-state index is 0.996. The number of nitrogens with zero attached hydrogens (tertiary/aromatic N) is 2. The molecule has 152 valence electrons. The van der Waals surface area contributed by atoms with Gasteiger partial charge in [0, 0.05) is 5.75 Å². The molecule has 0 N–H and O–H groups in total. The molecule has 2 aromatic carbocycles. The fraction of sp³-hybridized carbons (Fsp3) is 0.480. The molecule has 3 heteroatoms. The first-order chi connectivity index (χ1) is 13.7. The van der Waals surface area contributed by atoms with E-state index in [9.17, 15) is 0 Å². The zero-order valence-electron chi connectivity index (χ0n) is 17.9. The van der Waals surface area contributed by atoms with Gasteiger partial charge in [0.25, 0.3) is 0 Å². The van der Waals surface area contributed by atoms with Gasteiger partial charge in [0.1, 0.15) is 6.34 Å². The molecular weight excluding hydrogens is 360 g/mol. The lowest BCUT2D eigenvalue weighted by atomic mass is 10.1. The number of hydrogen-bond donors (Lipinski definition) is 0. The van der Waals surface area contributed by atoms with E-state index in [0.717, 1.165) is 11.4 Å². The molecule has 2 rings (SSSR count). The van der Waals surface area contributed by atoms with Gasteiger partial charge in [-0.1, -0.05) is 87.3 Å². The molecule has 2 aromatic rings. The normalized spacial score (nSPS) is 11.2. The van der Waals surface area contributed by atoms with E-state index in [2.05, 4.69) is 78.6 Å². The highest BCUT2D eigenvalue weighted by molar-refractivity contribution is 8.01. The molecule has 0 heterocycles. The van der Waals surface area contributed by atoms with Gasteiger partial charge >= 0.3 is 0 Å². The maximum Gasteiger partial charge on any atom is 0.106 e. The van der Waals surface area contributed by atoms with Gasteiger partial charge in [-0.2, -0.15) is 0 Å². The number of rotatable bonds is 13. The fourth-order valence-corrected chi connectivity index (χ4v) is 3.93. The second kappa shape index (κ2) is 13.4. The first kappa shape index (κ1) is 22.5. The van der Waals surface area contributed by atoms with E-state index in [4.69, 9.17) is 0 Å². The van der Waals surface area contributed by atoms with E-state index in [-0.39, 0.29) is 0 Å². The van der Waals surface area contributed by atoms with Gasteiger partial charge < -0.3 is 0 Å². The summed E-state index contributed by atoms with van der Waals surface area (Å²) in [6.07, 6.45) is 12.8. The Morgan fingerprint density at radius 2 is 1.29 bits per heavy atom. The Labute approximate surface area is 176 Å². The van der Waals surface area contributed by atoms with Crippen LogP contribution >= 0.6 is 11.9 Å². The van der Waals surface area contributed by atoms with Crippen LogP contribution in [0.4, 0.5) is 11.4 Å². The maximum absolute atomic E-state index is 4.68. The zero-order valence-corrected chi connectivity index (χ0v) is 18.7. The highest BCUT2D eigenvalue weighted by Crippen LogP contribution is 2.24. The summed E-state index contributed by atoms with van der Waals surface area (Å²) in [5.74, 6) is 1.13. The summed E-state index contributed by atoms with van der Waals surface area (Å²) in [5.41, 5.74) is 4.73.